The number of fused-ring (bicyclic) bond motifs is 1. The van der Waals surface area contributed by atoms with Crippen LogP contribution in [-0.4, -0.2) is 48.7 Å². The van der Waals surface area contributed by atoms with Crippen LogP contribution in [0.3, 0.4) is 0 Å². The Hall–Kier alpha value is -2.58. The first-order valence-corrected chi connectivity index (χ1v) is 12.6. The summed E-state index contributed by atoms with van der Waals surface area (Å²) in [5, 5.41) is 3.55. The van der Waals surface area contributed by atoms with Gasteiger partial charge in [0.2, 0.25) is 5.91 Å². The summed E-state index contributed by atoms with van der Waals surface area (Å²) >= 11 is 5.99. The molecule has 2 aromatic heterocycles. The number of pyridine rings is 1. The first-order chi connectivity index (χ1) is 15.2. The van der Waals surface area contributed by atoms with Crippen LogP contribution in [0.1, 0.15) is 31.9 Å². The van der Waals surface area contributed by atoms with E-state index in [0.29, 0.717) is 10.5 Å². The van der Waals surface area contributed by atoms with Crippen LogP contribution < -0.4 is 10.2 Å². The second kappa shape index (κ2) is 9.11. The molecule has 170 valence electrons. The van der Waals surface area contributed by atoms with Gasteiger partial charge in [-0.15, -0.1) is 0 Å². The number of sulfone groups is 1. The molecule has 0 saturated carbocycles. The summed E-state index contributed by atoms with van der Waals surface area (Å²) in [7, 11) is -3.67. The molecule has 1 atom stereocenters. The van der Waals surface area contributed by atoms with Gasteiger partial charge in [-0.1, -0.05) is 11.6 Å². The topological polar surface area (TPSA) is 95.2 Å². The summed E-state index contributed by atoms with van der Waals surface area (Å²) in [4.78, 5) is 22.0. The second-order valence-corrected chi connectivity index (χ2v) is 11.2. The zero-order valence-corrected chi connectivity index (χ0v) is 19.7. The molecule has 3 heterocycles. The fraction of sp³-hybridized carbons (Fsp3) is 0.391. The van der Waals surface area contributed by atoms with Crippen LogP contribution in [0, 0.1) is 6.92 Å². The SMILES string of the molecule is Cc1cc(N2CCC(NC(=O)CC(C)S(=O)(=O)c3cc4cc(Cl)ccc4[nH]3)CC2)ccn1. The Morgan fingerprint density at radius 1 is 1.25 bits per heavy atom. The van der Waals surface area contributed by atoms with Crippen molar-refractivity contribution in [2.24, 2.45) is 0 Å². The Morgan fingerprint density at radius 3 is 2.72 bits per heavy atom. The smallest absolute Gasteiger partial charge is 0.221 e. The number of nitrogens with one attached hydrogen (secondary N) is 2. The van der Waals surface area contributed by atoms with Crippen molar-refractivity contribution in [2.75, 3.05) is 18.0 Å². The highest BCUT2D eigenvalue weighted by Gasteiger charge is 2.29. The number of carbonyl (C=O) groups is 1. The van der Waals surface area contributed by atoms with Gasteiger partial charge in [-0.2, -0.15) is 0 Å². The van der Waals surface area contributed by atoms with Gasteiger partial charge in [0.15, 0.2) is 9.84 Å². The molecule has 9 heteroatoms. The zero-order valence-electron chi connectivity index (χ0n) is 18.1. The van der Waals surface area contributed by atoms with Gasteiger partial charge in [0.25, 0.3) is 0 Å². The lowest BCUT2D eigenvalue weighted by Gasteiger charge is -2.34. The maximum atomic E-state index is 13.0. The molecule has 1 unspecified atom stereocenters. The molecular formula is C23H27ClN4O3S. The molecule has 0 radical (unpaired) electrons. The number of piperidine rings is 1. The van der Waals surface area contributed by atoms with E-state index in [0.717, 1.165) is 42.7 Å². The number of rotatable bonds is 6. The van der Waals surface area contributed by atoms with Crippen LogP contribution >= 0.6 is 11.6 Å². The molecule has 0 spiro atoms. The minimum atomic E-state index is -3.67. The molecule has 1 aliphatic heterocycles. The van der Waals surface area contributed by atoms with Gasteiger partial charge in [0.1, 0.15) is 5.03 Å². The highest BCUT2D eigenvalue weighted by Crippen LogP contribution is 2.26. The molecule has 3 aromatic rings. The van der Waals surface area contributed by atoms with Gasteiger partial charge in [-0.25, -0.2) is 8.42 Å². The minimum Gasteiger partial charge on any atom is -0.371 e. The highest BCUT2D eigenvalue weighted by atomic mass is 35.5. The third-order valence-corrected chi connectivity index (χ3v) is 8.27. The van der Waals surface area contributed by atoms with E-state index in [-0.39, 0.29) is 23.4 Å². The monoisotopic (exact) mass is 474 g/mol. The Morgan fingerprint density at radius 2 is 2.00 bits per heavy atom. The highest BCUT2D eigenvalue weighted by molar-refractivity contribution is 7.92. The summed E-state index contributed by atoms with van der Waals surface area (Å²) < 4.78 is 26.0. The number of nitrogens with zero attached hydrogens (tertiary/aromatic N) is 2. The zero-order chi connectivity index (χ0) is 22.9. The van der Waals surface area contributed by atoms with Gasteiger partial charge in [0.05, 0.1) is 5.25 Å². The molecule has 7 nitrogen and oxygen atoms in total. The summed E-state index contributed by atoms with van der Waals surface area (Å²) in [5.41, 5.74) is 2.81. The normalized spacial score (nSPS) is 16.3. The first kappa shape index (κ1) is 22.6. The molecule has 1 aliphatic rings. The maximum absolute atomic E-state index is 13.0. The predicted molar refractivity (Wildman–Crippen MR) is 127 cm³/mol. The van der Waals surface area contributed by atoms with Crippen LogP contribution in [0.25, 0.3) is 10.9 Å². The summed E-state index contributed by atoms with van der Waals surface area (Å²) in [6.07, 6.45) is 3.36. The fourth-order valence-electron chi connectivity index (χ4n) is 4.11. The van der Waals surface area contributed by atoms with Crippen molar-refractivity contribution in [3.63, 3.8) is 0 Å². The minimum absolute atomic E-state index is 0.0480. The second-order valence-electron chi connectivity index (χ2n) is 8.41. The molecule has 32 heavy (non-hydrogen) atoms. The molecule has 1 saturated heterocycles. The lowest BCUT2D eigenvalue weighted by atomic mass is 10.0. The number of benzene rings is 1. The maximum Gasteiger partial charge on any atom is 0.221 e. The van der Waals surface area contributed by atoms with E-state index < -0.39 is 15.1 Å². The number of aromatic nitrogens is 2. The van der Waals surface area contributed by atoms with Crippen molar-refractivity contribution < 1.29 is 13.2 Å². The molecule has 1 amide bonds. The van der Waals surface area contributed by atoms with Gasteiger partial charge in [-0.3, -0.25) is 9.78 Å². The van der Waals surface area contributed by atoms with E-state index in [4.69, 9.17) is 11.6 Å². The standard InChI is InChI=1S/C23H27ClN4O3S/c1-15-11-20(5-8-25-15)28-9-6-19(7-10-28)26-22(29)12-16(2)32(30,31)23-14-17-13-18(24)3-4-21(17)27-23/h3-5,8,11,13-14,16,19,27H,6-7,9-10,12H2,1-2H3,(H,26,29). The van der Waals surface area contributed by atoms with E-state index in [9.17, 15) is 13.2 Å². The van der Waals surface area contributed by atoms with E-state index >= 15 is 0 Å². The third-order valence-electron chi connectivity index (χ3n) is 5.97. The number of hydrogen-bond acceptors (Lipinski definition) is 5. The van der Waals surface area contributed by atoms with Gasteiger partial charge >= 0.3 is 0 Å². The average molecular weight is 475 g/mol. The van der Waals surface area contributed by atoms with Gasteiger partial charge < -0.3 is 15.2 Å². The lowest BCUT2D eigenvalue weighted by molar-refractivity contribution is -0.121. The van der Waals surface area contributed by atoms with Crippen molar-refractivity contribution in [1.82, 2.24) is 15.3 Å². The average Bonchev–Trinajstić information content (AvgIpc) is 3.18. The quantitative estimate of drug-likeness (QED) is 0.565. The van der Waals surface area contributed by atoms with Crippen LogP contribution in [0.15, 0.2) is 47.6 Å². The van der Waals surface area contributed by atoms with Crippen LogP contribution in [0.4, 0.5) is 5.69 Å². The van der Waals surface area contributed by atoms with Crippen molar-refractivity contribution in [1.29, 1.82) is 0 Å². The first-order valence-electron chi connectivity index (χ1n) is 10.7. The number of anilines is 1. The Labute approximate surface area is 193 Å². The fourth-order valence-corrected chi connectivity index (χ4v) is 5.64. The van der Waals surface area contributed by atoms with Crippen molar-refractivity contribution >= 4 is 43.9 Å². The number of aromatic amines is 1. The molecule has 0 aliphatic carbocycles. The van der Waals surface area contributed by atoms with Crippen LogP contribution in [0.5, 0.6) is 0 Å². The Balaban J connectivity index is 1.33. The molecule has 4 rings (SSSR count). The number of H-pyrrole nitrogens is 1. The summed E-state index contributed by atoms with van der Waals surface area (Å²) in [5.74, 6) is -0.238. The van der Waals surface area contributed by atoms with Gasteiger partial charge in [-0.05, 0) is 63.1 Å². The number of aryl methyl sites for hydroxylation is 1. The molecule has 1 aromatic carbocycles. The molecule has 1 fully saturated rings. The van der Waals surface area contributed by atoms with E-state index in [1.807, 2.05) is 19.2 Å². The largest absolute Gasteiger partial charge is 0.371 e. The van der Waals surface area contributed by atoms with Crippen LogP contribution in [-0.2, 0) is 14.6 Å². The Bertz CT molecular complexity index is 1230. The molecular weight excluding hydrogens is 448 g/mol. The number of carbonyl (C=O) groups excluding carboxylic acids is 1. The predicted octanol–water partition coefficient (Wildman–Crippen LogP) is 3.86. The Kier molecular flexibility index (Phi) is 6.44. The number of hydrogen-bond donors (Lipinski definition) is 2. The van der Waals surface area contributed by atoms with Crippen molar-refractivity contribution in [2.45, 2.75) is 49.4 Å². The number of halogens is 1. The van der Waals surface area contributed by atoms with Crippen LogP contribution in [0.2, 0.25) is 5.02 Å². The summed E-state index contributed by atoms with van der Waals surface area (Å²) in [6.45, 7) is 5.21. The van der Waals surface area contributed by atoms with Crippen molar-refractivity contribution in [3.8, 4) is 0 Å². The third kappa shape index (κ3) is 4.91. The van der Waals surface area contributed by atoms with E-state index in [1.54, 1.807) is 31.2 Å². The van der Waals surface area contributed by atoms with Gasteiger partial charge in [0, 0.05) is 59.1 Å². The lowest BCUT2D eigenvalue weighted by Crippen LogP contribution is -2.45. The molecule has 0 bridgehead atoms. The van der Waals surface area contributed by atoms with Crippen molar-refractivity contribution in [3.05, 3.63) is 53.3 Å². The summed E-state index contributed by atoms with van der Waals surface area (Å²) in [6, 6.07) is 10.8. The number of amides is 1. The molecule has 2 N–H and O–H groups in total. The van der Waals surface area contributed by atoms with E-state index in [1.165, 1.54) is 0 Å². The van der Waals surface area contributed by atoms with E-state index in [2.05, 4.69) is 26.3 Å².